The highest BCUT2D eigenvalue weighted by Gasteiger charge is 2.28. The lowest BCUT2D eigenvalue weighted by Crippen LogP contribution is -2.55. The van der Waals surface area contributed by atoms with Gasteiger partial charge in [-0.1, -0.05) is 6.92 Å². The molecule has 0 spiro atoms. The van der Waals surface area contributed by atoms with E-state index in [1.165, 1.54) is 12.1 Å². The van der Waals surface area contributed by atoms with Crippen LogP contribution in [0.5, 0.6) is 0 Å². The Kier molecular flexibility index (Phi) is 4.68. The molecular weight excluding hydrogens is 288 g/mol. The van der Waals surface area contributed by atoms with Crippen LogP contribution in [0, 0.1) is 5.92 Å². The SMILES string of the molecule is CC1CCNC(C)C1NC(=O)c1ccc(S(C)(=O)=O)cc1. The van der Waals surface area contributed by atoms with E-state index >= 15 is 0 Å². The van der Waals surface area contributed by atoms with E-state index in [0.717, 1.165) is 19.2 Å². The van der Waals surface area contributed by atoms with E-state index in [9.17, 15) is 13.2 Å². The number of benzene rings is 1. The van der Waals surface area contributed by atoms with Gasteiger partial charge in [0, 0.05) is 23.9 Å². The number of hydrogen-bond donors (Lipinski definition) is 2. The van der Waals surface area contributed by atoms with E-state index in [1.807, 2.05) is 0 Å². The summed E-state index contributed by atoms with van der Waals surface area (Å²) in [5.41, 5.74) is 0.479. The zero-order valence-corrected chi connectivity index (χ0v) is 13.4. The van der Waals surface area contributed by atoms with Crippen LogP contribution in [0.4, 0.5) is 0 Å². The van der Waals surface area contributed by atoms with E-state index in [2.05, 4.69) is 24.5 Å². The molecular formula is C15H22N2O3S. The summed E-state index contributed by atoms with van der Waals surface area (Å²) in [5.74, 6) is 0.253. The largest absolute Gasteiger partial charge is 0.347 e. The van der Waals surface area contributed by atoms with Gasteiger partial charge in [-0.2, -0.15) is 0 Å². The van der Waals surface area contributed by atoms with Gasteiger partial charge in [-0.3, -0.25) is 4.79 Å². The first-order valence-electron chi connectivity index (χ1n) is 7.13. The van der Waals surface area contributed by atoms with Crippen molar-refractivity contribution >= 4 is 15.7 Å². The van der Waals surface area contributed by atoms with E-state index < -0.39 is 9.84 Å². The molecule has 1 fully saturated rings. The highest BCUT2D eigenvalue weighted by atomic mass is 32.2. The molecule has 1 heterocycles. The number of piperidine rings is 1. The Balaban J connectivity index is 2.10. The van der Waals surface area contributed by atoms with Crippen LogP contribution in [0.15, 0.2) is 29.2 Å². The second-order valence-electron chi connectivity index (χ2n) is 5.80. The quantitative estimate of drug-likeness (QED) is 0.880. The normalized spacial score (nSPS) is 26.3. The molecule has 116 valence electrons. The zero-order valence-electron chi connectivity index (χ0n) is 12.6. The number of hydrogen-bond acceptors (Lipinski definition) is 4. The van der Waals surface area contributed by atoms with E-state index in [-0.39, 0.29) is 22.9 Å². The molecule has 21 heavy (non-hydrogen) atoms. The molecule has 5 nitrogen and oxygen atoms in total. The minimum atomic E-state index is -3.23. The Morgan fingerprint density at radius 1 is 1.24 bits per heavy atom. The number of rotatable bonds is 3. The predicted molar refractivity (Wildman–Crippen MR) is 82.1 cm³/mol. The maximum Gasteiger partial charge on any atom is 0.251 e. The fourth-order valence-corrected chi connectivity index (χ4v) is 3.32. The van der Waals surface area contributed by atoms with Crippen molar-refractivity contribution in [2.24, 2.45) is 5.92 Å². The van der Waals surface area contributed by atoms with Crippen LogP contribution >= 0.6 is 0 Å². The lowest BCUT2D eigenvalue weighted by Gasteiger charge is -2.36. The standard InChI is InChI=1S/C15H22N2O3S/c1-10-8-9-16-11(2)14(10)17-15(18)12-4-6-13(7-5-12)21(3,19)20/h4-7,10-11,14,16H,8-9H2,1-3H3,(H,17,18). The molecule has 3 atom stereocenters. The molecule has 1 aromatic carbocycles. The van der Waals surface area contributed by atoms with Gasteiger partial charge in [0.05, 0.1) is 4.90 Å². The molecule has 1 saturated heterocycles. The molecule has 1 aromatic rings. The number of carbonyl (C=O) groups excluding carboxylic acids is 1. The van der Waals surface area contributed by atoms with Crippen molar-refractivity contribution in [3.8, 4) is 0 Å². The van der Waals surface area contributed by atoms with E-state index in [0.29, 0.717) is 11.5 Å². The monoisotopic (exact) mass is 310 g/mol. The first-order valence-corrected chi connectivity index (χ1v) is 9.02. The van der Waals surface area contributed by atoms with Crippen molar-refractivity contribution in [2.45, 2.75) is 37.2 Å². The second-order valence-corrected chi connectivity index (χ2v) is 7.82. The lowest BCUT2D eigenvalue weighted by atomic mass is 9.89. The molecule has 1 aliphatic heterocycles. The molecule has 0 saturated carbocycles. The minimum Gasteiger partial charge on any atom is -0.347 e. The van der Waals surface area contributed by atoms with Crippen LogP contribution < -0.4 is 10.6 Å². The van der Waals surface area contributed by atoms with Crippen LogP contribution in [-0.4, -0.2) is 39.2 Å². The maximum atomic E-state index is 12.3. The molecule has 3 unspecified atom stereocenters. The smallest absolute Gasteiger partial charge is 0.251 e. The number of sulfone groups is 1. The van der Waals surface area contributed by atoms with Crippen LogP contribution in [0.25, 0.3) is 0 Å². The van der Waals surface area contributed by atoms with Gasteiger partial charge in [-0.25, -0.2) is 8.42 Å². The first-order chi connectivity index (χ1) is 9.79. The van der Waals surface area contributed by atoms with Crippen molar-refractivity contribution in [3.05, 3.63) is 29.8 Å². The maximum absolute atomic E-state index is 12.3. The van der Waals surface area contributed by atoms with Gasteiger partial charge in [0.1, 0.15) is 0 Å². The van der Waals surface area contributed by atoms with Gasteiger partial charge >= 0.3 is 0 Å². The zero-order chi connectivity index (χ0) is 15.6. The Morgan fingerprint density at radius 2 is 1.86 bits per heavy atom. The highest BCUT2D eigenvalue weighted by molar-refractivity contribution is 7.90. The van der Waals surface area contributed by atoms with Crippen molar-refractivity contribution in [2.75, 3.05) is 12.8 Å². The molecule has 2 N–H and O–H groups in total. The summed E-state index contributed by atoms with van der Waals surface area (Å²) >= 11 is 0. The molecule has 0 aromatic heterocycles. The summed E-state index contributed by atoms with van der Waals surface area (Å²) in [6.45, 7) is 5.17. The molecule has 1 amide bonds. The minimum absolute atomic E-state index is 0.0841. The summed E-state index contributed by atoms with van der Waals surface area (Å²) in [7, 11) is -3.23. The lowest BCUT2D eigenvalue weighted by molar-refractivity contribution is 0.0897. The summed E-state index contributed by atoms with van der Waals surface area (Å²) in [5, 5.41) is 6.40. The summed E-state index contributed by atoms with van der Waals surface area (Å²) in [6, 6.07) is 6.36. The van der Waals surface area contributed by atoms with E-state index in [4.69, 9.17) is 0 Å². The fraction of sp³-hybridized carbons (Fsp3) is 0.533. The van der Waals surface area contributed by atoms with Gasteiger partial charge in [0.15, 0.2) is 9.84 Å². The van der Waals surface area contributed by atoms with Crippen molar-refractivity contribution in [1.82, 2.24) is 10.6 Å². The number of nitrogens with one attached hydrogen (secondary N) is 2. The first kappa shape index (κ1) is 16.0. The third-order valence-corrected chi connectivity index (χ3v) is 5.19. The highest BCUT2D eigenvalue weighted by Crippen LogP contribution is 2.17. The van der Waals surface area contributed by atoms with Gasteiger partial charge < -0.3 is 10.6 Å². The summed E-state index contributed by atoms with van der Waals surface area (Å²) in [6.07, 6.45) is 2.18. The topological polar surface area (TPSA) is 75.3 Å². The Hall–Kier alpha value is -1.40. The van der Waals surface area contributed by atoms with Gasteiger partial charge in [0.25, 0.3) is 5.91 Å². The van der Waals surface area contributed by atoms with Crippen molar-refractivity contribution < 1.29 is 13.2 Å². The van der Waals surface area contributed by atoms with Crippen LogP contribution in [0.2, 0.25) is 0 Å². The fourth-order valence-electron chi connectivity index (χ4n) is 2.69. The van der Waals surface area contributed by atoms with Gasteiger partial charge in [-0.15, -0.1) is 0 Å². The third-order valence-electron chi connectivity index (χ3n) is 4.06. The molecule has 1 aliphatic rings. The predicted octanol–water partition coefficient (Wildman–Crippen LogP) is 1.21. The van der Waals surface area contributed by atoms with Crippen LogP contribution in [-0.2, 0) is 9.84 Å². The average molecular weight is 310 g/mol. The molecule has 2 rings (SSSR count). The van der Waals surface area contributed by atoms with Crippen molar-refractivity contribution in [1.29, 1.82) is 0 Å². The Bertz CT molecular complexity index is 600. The molecule has 0 radical (unpaired) electrons. The average Bonchev–Trinajstić information content (AvgIpc) is 2.42. The molecule has 0 bridgehead atoms. The Morgan fingerprint density at radius 3 is 2.38 bits per heavy atom. The number of amides is 1. The molecule has 0 aliphatic carbocycles. The number of carbonyl (C=O) groups is 1. The van der Waals surface area contributed by atoms with Crippen LogP contribution in [0.3, 0.4) is 0 Å². The second kappa shape index (κ2) is 6.15. The summed E-state index contributed by atoms with van der Waals surface area (Å²) in [4.78, 5) is 12.5. The molecule has 6 heteroatoms. The van der Waals surface area contributed by atoms with Crippen LogP contribution in [0.1, 0.15) is 30.6 Å². The van der Waals surface area contributed by atoms with E-state index in [1.54, 1.807) is 12.1 Å². The Labute approximate surface area is 126 Å². The van der Waals surface area contributed by atoms with Gasteiger partial charge in [0.2, 0.25) is 0 Å². The van der Waals surface area contributed by atoms with Crippen molar-refractivity contribution in [3.63, 3.8) is 0 Å². The van der Waals surface area contributed by atoms with Gasteiger partial charge in [-0.05, 0) is 50.1 Å². The summed E-state index contributed by atoms with van der Waals surface area (Å²) < 4.78 is 22.8. The third kappa shape index (κ3) is 3.83.